The van der Waals surface area contributed by atoms with Crippen LogP contribution >= 0.6 is 0 Å². The van der Waals surface area contributed by atoms with Gasteiger partial charge in [-0.15, -0.1) is 6.58 Å². The third kappa shape index (κ3) is 9.69. The lowest BCUT2D eigenvalue weighted by Gasteiger charge is -2.59. The summed E-state index contributed by atoms with van der Waals surface area (Å²) in [7, 11) is 1.37. The number of nitro groups is 1. The van der Waals surface area contributed by atoms with E-state index in [-0.39, 0.29) is 62.8 Å². The van der Waals surface area contributed by atoms with Gasteiger partial charge in [0, 0.05) is 37.2 Å². The van der Waals surface area contributed by atoms with Gasteiger partial charge in [0.05, 0.1) is 42.9 Å². The van der Waals surface area contributed by atoms with Crippen LogP contribution in [0.25, 0.3) is 10.8 Å². The Morgan fingerprint density at radius 3 is 2.44 bits per heavy atom. The summed E-state index contributed by atoms with van der Waals surface area (Å²) in [5.74, 6) is -1.18. The van der Waals surface area contributed by atoms with Crippen LogP contribution in [0.5, 0.6) is 17.2 Å². The van der Waals surface area contributed by atoms with Gasteiger partial charge in [0.1, 0.15) is 29.9 Å². The summed E-state index contributed by atoms with van der Waals surface area (Å²) in [5, 5.41) is 38.7. The highest BCUT2D eigenvalue weighted by atomic mass is 16.7. The van der Waals surface area contributed by atoms with Gasteiger partial charge < -0.3 is 34.0 Å². The molecule has 6 atom stereocenters. The number of methoxy groups -OCH3 is 1. The molecule has 3 aliphatic rings. The summed E-state index contributed by atoms with van der Waals surface area (Å²) in [6.07, 6.45) is 7.85. The molecule has 0 aromatic heterocycles. The van der Waals surface area contributed by atoms with Crippen molar-refractivity contribution in [1.29, 1.82) is 0 Å². The van der Waals surface area contributed by atoms with E-state index in [1.165, 1.54) is 19.2 Å². The topological polar surface area (TPSA) is 162 Å². The Morgan fingerprint density at radius 2 is 1.67 bits per heavy atom. The predicted molar refractivity (Wildman–Crippen MR) is 251 cm³/mol. The molecule has 2 N–H and O–H groups in total. The van der Waals surface area contributed by atoms with Gasteiger partial charge >= 0.3 is 6.09 Å². The Morgan fingerprint density at radius 1 is 0.924 bits per heavy atom. The number of nitrogens with zero attached hydrogens (tertiary/aromatic N) is 3. The van der Waals surface area contributed by atoms with Gasteiger partial charge in [0.2, 0.25) is 5.79 Å². The first-order valence-electron chi connectivity index (χ1n) is 22.8. The summed E-state index contributed by atoms with van der Waals surface area (Å²) in [4.78, 5) is 33.7. The number of hydrogen-bond acceptors (Lipinski definition) is 11. The van der Waals surface area contributed by atoms with E-state index in [2.05, 4.69) is 12.7 Å². The summed E-state index contributed by atoms with van der Waals surface area (Å²) in [6.45, 7) is 4.62. The molecule has 0 saturated heterocycles. The minimum absolute atomic E-state index is 0.000777. The quantitative estimate of drug-likeness (QED) is 0.0333. The number of rotatable bonds is 20. The average Bonchev–Trinajstić information content (AvgIpc) is 3.34. The van der Waals surface area contributed by atoms with E-state index in [0.29, 0.717) is 35.8 Å². The Hall–Kier alpha value is -6.54. The molecule has 13 heteroatoms. The highest BCUT2D eigenvalue weighted by molar-refractivity contribution is 6.03. The molecular weight excluding hydrogens is 839 g/mol. The van der Waals surface area contributed by atoms with Gasteiger partial charge in [0.15, 0.2) is 0 Å². The third-order valence-corrected chi connectivity index (χ3v) is 13.2. The molecule has 1 aliphatic heterocycles. The van der Waals surface area contributed by atoms with Gasteiger partial charge in [-0.05, 0) is 89.3 Å². The van der Waals surface area contributed by atoms with E-state index in [1.807, 2.05) is 84.9 Å². The lowest BCUT2D eigenvalue weighted by atomic mass is 9.55. The van der Waals surface area contributed by atoms with E-state index in [4.69, 9.17) is 28.9 Å². The Balaban J connectivity index is 1.34. The summed E-state index contributed by atoms with van der Waals surface area (Å²) in [5.41, 5.74) is 4.12. The summed E-state index contributed by atoms with van der Waals surface area (Å²) < 4.78 is 26.5. The number of amides is 1. The zero-order chi connectivity index (χ0) is 46.0. The molecule has 8 rings (SSSR count). The maximum Gasteiger partial charge on any atom is 0.410 e. The first kappa shape index (κ1) is 46.0. The number of fused-ring (bicyclic) bond motifs is 3. The number of hydrogen-bond donors (Lipinski definition) is 2. The van der Waals surface area contributed by atoms with E-state index < -0.39 is 28.8 Å². The van der Waals surface area contributed by atoms with Crippen LogP contribution in [0.2, 0.25) is 0 Å². The van der Waals surface area contributed by atoms with Crippen molar-refractivity contribution in [1.82, 2.24) is 4.90 Å². The van der Waals surface area contributed by atoms with E-state index in [1.54, 1.807) is 29.2 Å². The standard InChI is InChI=1S/C53H57N3O10/c1-3-29-63-53-49(55(52(59)62-2)34-39-20-13-19-37-17-7-8-23-43(37)39)33-47(54-64-35-36-15-5-4-6-16-36)45-30-38(18-9-11-27-57)44(24-10-12-28-58)50(51(45)53)46-32-42(25-26-48(46)66-53)65-41-22-14-21-40(31-41)56(60)61/h3-8,13-17,19-23,25-26,30-32,38,44,49-51,57-58H,1,9-12,18,24,27-29,33-35H2,2H3. The van der Waals surface area contributed by atoms with Crippen LogP contribution in [0.4, 0.5) is 10.5 Å². The monoisotopic (exact) mass is 895 g/mol. The maximum absolute atomic E-state index is 14.5. The van der Waals surface area contributed by atoms with Crippen molar-refractivity contribution >= 4 is 28.3 Å². The van der Waals surface area contributed by atoms with E-state index in [9.17, 15) is 25.1 Å². The molecule has 1 fully saturated rings. The molecule has 0 bridgehead atoms. The van der Waals surface area contributed by atoms with Crippen molar-refractivity contribution in [3.05, 3.63) is 166 Å². The summed E-state index contributed by atoms with van der Waals surface area (Å²) >= 11 is 0. The maximum atomic E-state index is 14.5. The number of non-ortho nitro benzene ring substituents is 1. The number of carbonyl (C=O) groups excluding carboxylic acids is 1. The number of carbonyl (C=O) groups is 1. The van der Waals surface area contributed by atoms with Crippen molar-refractivity contribution in [3.63, 3.8) is 0 Å². The number of oxime groups is 1. The first-order valence-corrected chi connectivity index (χ1v) is 22.8. The Bertz CT molecular complexity index is 2560. The minimum atomic E-state index is -1.53. The normalized spacial score (nSPS) is 22.3. The van der Waals surface area contributed by atoms with E-state index in [0.717, 1.165) is 58.7 Å². The van der Waals surface area contributed by atoms with Crippen LogP contribution in [0.1, 0.15) is 67.6 Å². The van der Waals surface area contributed by atoms with Crippen molar-refractivity contribution in [3.8, 4) is 17.2 Å². The largest absolute Gasteiger partial charge is 0.459 e. The second kappa shape index (κ2) is 21.2. The van der Waals surface area contributed by atoms with Crippen LogP contribution in [-0.2, 0) is 27.5 Å². The molecule has 2 aliphatic carbocycles. The van der Waals surface area contributed by atoms with Crippen molar-refractivity contribution < 1.29 is 43.7 Å². The fraction of sp³-hybridized carbons (Fsp3) is 0.358. The van der Waals surface area contributed by atoms with Gasteiger partial charge in [0.25, 0.3) is 5.69 Å². The number of nitro benzene ring substituents is 1. The molecule has 0 radical (unpaired) electrons. The minimum Gasteiger partial charge on any atom is -0.459 e. The molecule has 1 saturated carbocycles. The number of benzene rings is 5. The molecule has 344 valence electrons. The number of allylic oxidation sites excluding steroid dienone is 1. The molecule has 13 nitrogen and oxygen atoms in total. The highest BCUT2D eigenvalue weighted by Crippen LogP contribution is 2.62. The highest BCUT2D eigenvalue weighted by Gasteiger charge is 2.65. The smallest absolute Gasteiger partial charge is 0.410 e. The first-order chi connectivity index (χ1) is 32.3. The predicted octanol–water partition coefficient (Wildman–Crippen LogP) is 10.6. The molecule has 6 unspecified atom stereocenters. The SMILES string of the molecule is C=CCOC12Oc3ccc(Oc4cccc([N+](=O)[O-])c4)cc3C3C(CCCCO)C(CCCCO)C=C(C(=NOCc4ccccc4)CC1N(Cc1cccc4ccccc14)C(=O)OC)C32. The second-order valence-electron chi connectivity index (χ2n) is 17.1. The van der Waals surface area contributed by atoms with Crippen LogP contribution < -0.4 is 9.47 Å². The molecule has 0 spiro atoms. The zero-order valence-electron chi connectivity index (χ0n) is 37.2. The second-order valence-corrected chi connectivity index (χ2v) is 17.1. The van der Waals surface area contributed by atoms with Gasteiger partial charge in [-0.2, -0.15) is 0 Å². The van der Waals surface area contributed by atoms with E-state index >= 15 is 0 Å². The molecule has 1 amide bonds. The summed E-state index contributed by atoms with van der Waals surface area (Å²) in [6, 6.07) is 34.7. The van der Waals surface area contributed by atoms with Crippen molar-refractivity contribution in [2.45, 2.75) is 75.8 Å². The number of aliphatic hydroxyl groups excluding tert-OH is 2. The van der Waals surface area contributed by atoms with Crippen LogP contribution in [0.15, 0.2) is 145 Å². The molecule has 66 heavy (non-hydrogen) atoms. The van der Waals surface area contributed by atoms with Crippen LogP contribution in [0, 0.1) is 27.9 Å². The van der Waals surface area contributed by atoms with Crippen molar-refractivity contribution in [2.75, 3.05) is 26.9 Å². The molecular formula is C53H57N3O10. The number of ether oxygens (including phenoxy) is 4. The third-order valence-electron chi connectivity index (χ3n) is 13.2. The molecule has 5 aromatic rings. The van der Waals surface area contributed by atoms with Gasteiger partial charge in [-0.1, -0.05) is 109 Å². The number of unbranched alkanes of at least 4 members (excludes halogenated alkanes) is 2. The van der Waals surface area contributed by atoms with Crippen LogP contribution in [0.3, 0.4) is 0 Å². The Kier molecular flexibility index (Phi) is 14.8. The molecule has 5 aromatic carbocycles. The zero-order valence-corrected chi connectivity index (χ0v) is 37.2. The lowest BCUT2D eigenvalue weighted by molar-refractivity contribution is -0.384. The van der Waals surface area contributed by atoms with Gasteiger partial charge in [-0.3, -0.25) is 15.0 Å². The Labute approximate surface area is 385 Å². The lowest BCUT2D eigenvalue weighted by Crippen LogP contribution is -2.70. The number of aliphatic hydroxyl groups is 2. The fourth-order valence-corrected chi connectivity index (χ4v) is 10.3. The fourth-order valence-electron chi connectivity index (χ4n) is 10.3. The van der Waals surface area contributed by atoms with Crippen molar-refractivity contribution in [2.24, 2.45) is 22.9 Å². The average molecular weight is 896 g/mol. The van der Waals surface area contributed by atoms with Gasteiger partial charge in [-0.25, -0.2) is 4.79 Å². The van der Waals surface area contributed by atoms with Crippen LogP contribution in [-0.4, -0.2) is 70.6 Å². The molecule has 1 heterocycles.